The number of rotatable bonds is 2. The number of sulfone groups is 1. The molecule has 4 heteroatoms. The Labute approximate surface area is 66.5 Å². The highest BCUT2D eigenvalue weighted by atomic mass is 32.2. The van der Waals surface area contributed by atoms with Crippen LogP contribution in [0.15, 0.2) is 24.1 Å². The van der Waals surface area contributed by atoms with Crippen LogP contribution in [0.3, 0.4) is 0 Å². The zero-order valence-electron chi connectivity index (χ0n) is 6.10. The molecule has 2 N–H and O–H groups in total. The molecule has 0 amide bonds. The SMILES string of the molecule is C=CCC1C(N)C=CS1(=O)=O. The zero-order valence-corrected chi connectivity index (χ0v) is 6.92. The Kier molecular flexibility index (Phi) is 2.15. The maximum Gasteiger partial charge on any atom is 0.176 e. The third-order valence-electron chi connectivity index (χ3n) is 1.74. The van der Waals surface area contributed by atoms with Crippen LogP contribution in [-0.2, 0) is 9.84 Å². The maximum atomic E-state index is 11.1. The molecule has 0 bridgehead atoms. The van der Waals surface area contributed by atoms with Crippen molar-refractivity contribution in [1.29, 1.82) is 0 Å². The van der Waals surface area contributed by atoms with Crippen LogP contribution >= 0.6 is 0 Å². The molecule has 0 saturated carbocycles. The predicted octanol–water partition coefficient (Wildman–Crippen LogP) is 0.201. The van der Waals surface area contributed by atoms with E-state index in [0.29, 0.717) is 6.42 Å². The number of allylic oxidation sites excluding steroid dienone is 1. The Balaban J connectivity index is 2.87. The van der Waals surface area contributed by atoms with Gasteiger partial charge >= 0.3 is 0 Å². The fourth-order valence-corrected chi connectivity index (χ4v) is 2.64. The van der Waals surface area contributed by atoms with Crippen molar-refractivity contribution < 1.29 is 8.42 Å². The van der Waals surface area contributed by atoms with Gasteiger partial charge in [-0.15, -0.1) is 6.58 Å². The third kappa shape index (κ3) is 1.52. The summed E-state index contributed by atoms with van der Waals surface area (Å²) in [6.45, 7) is 3.48. The fourth-order valence-electron chi connectivity index (χ4n) is 1.10. The first kappa shape index (κ1) is 8.49. The van der Waals surface area contributed by atoms with Crippen molar-refractivity contribution in [3.8, 4) is 0 Å². The van der Waals surface area contributed by atoms with E-state index in [-0.39, 0.29) is 6.04 Å². The Morgan fingerprint density at radius 3 is 2.64 bits per heavy atom. The number of hydrogen-bond acceptors (Lipinski definition) is 3. The summed E-state index contributed by atoms with van der Waals surface area (Å²) in [6, 6.07) is -0.363. The minimum Gasteiger partial charge on any atom is -0.323 e. The van der Waals surface area contributed by atoms with Gasteiger partial charge in [0.05, 0.1) is 5.25 Å². The van der Waals surface area contributed by atoms with Crippen molar-refractivity contribution in [3.63, 3.8) is 0 Å². The standard InChI is InChI=1S/C7H11NO2S/c1-2-3-7-6(8)4-5-11(7,9)10/h2,4-7H,1,3,8H2. The van der Waals surface area contributed by atoms with E-state index in [1.54, 1.807) is 6.08 Å². The summed E-state index contributed by atoms with van der Waals surface area (Å²) in [4.78, 5) is 0. The van der Waals surface area contributed by atoms with Gasteiger partial charge in [0.15, 0.2) is 9.84 Å². The van der Waals surface area contributed by atoms with Crippen molar-refractivity contribution in [2.75, 3.05) is 0 Å². The summed E-state index contributed by atoms with van der Waals surface area (Å²) in [5.74, 6) is 0. The van der Waals surface area contributed by atoms with Gasteiger partial charge in [0.1, 0.15) is 0 Å². The first-order chi connectivity index (χ1) is 5.08. The number of nitrogens with two attached hydrogens (primary N) is 1. The van der Waals surface area contributed by atoms with Crippen molar-refractivity contribution in [2.24, 2.45) is 5.73 Å². The maximum absolute atomic E-state index is 11.1. The molecule has 0 aromatic heterocycles. The van der Waals surface area contributed by atoms with Crippen LogP contribution in [0.2, 0.25) is 0 Å². The largest absolute Gasteiger partial charge is 0.323 e. The van der Waals surface area contributed by atoms with Gasteiger partial charge in [0, 0.05) is 11.4 Å². The Morgan fingerprint density at radius 2 is 2.27 bits per heavy atom. The van der Waals surface area contributed by atoms with E-state index in [2.05, 4.69) is 6.58 Å². The molecule has 11 heavy (non-hydrogen) atoms. The molecule has 1 rings (SSSR count). The van der Waals surface area contributed by atoms with E-state index in [4.69, 9.17) is 5.73 Å². The summed E-state index contributed by atoms with van der Waals surface area (Å²) < 4.78 is 22.3. The highest BCUT2D eigenvalue weighted by Crippen LogP contribution is 2.19. The molecule has 2 atom stereocenters. The second kappa shape index (κ2) is 2.79. The topological polar surface area (TPSA) is 60.2 Å². The first-order valence-corrected chi connectivity index (χ1v) is 4.97. The molecule has 0 saturated heterocycles. The molecule has 1 heterocycles. The highest BCUT2D eigenvalue weighted by Gasteiger charge is 2.31. The molecule has 62 valence electrons. The molecule has 0 aromatic rings. The minimum absolute atomic E-state index is 0.363. The van der Waals surface area contributed by atoms with E-state index < -0.39 is 15.1 Å². The van der Waals surface area contributed by atoms with Crippen LogP contribution in [0.4, 0.5) is 0 Å². The monoisotopic (exact) mass is 173 g/mol. The molecule has 0 spiro atoms. The Hall–Kier alpha value is -0.610. The third-order valence-corrected chi connectivity index (χ3v) is 3.63. The predicted molar refractivity (Wildman–Crippen MR) is 44.6 cm³/mol. The van der Waals surface area contributed by atoms with Crippen molar-refractivity contribution in [2.45, 2.75) is 17.7 Å². The average Bonchev–Trinajstić information content (AvgIpc) is 2.16. The molecule has 1 aliphatic heterocycles. The van der Waals surface area contributed by atoms with Crippen LogP contribution < -0.4 is 5.73 Å². The smallest absolute Gasteiger partial charge is 0.176 e. The van der Waals surface area contributed by atoms with Gasteiger partial charge in [-0.1, -0.05) is 12.2 Å². The van der Waals surface area contributed by atoms with Gasteiger partial charge in [0.25, 0.3) is 0 Å². The fraction of sp³-hybridized carbons (Fsp3) is 0.429. The first-order valence-electron chi connectivity index (χ1n) is 3.36. The van der Waals surface area contributed by atoms with E-state index in [0.717, 1.165) is 0 Å². The molecule has 2 unspecified atom stereocenters. The molecule has 0 aliphatic carbocycles. The van der Waals surface area contributed by atoms with Gasteiger partial charge in [-0.2, -0.15) is 0 Å². The quantitative estimate of drug-likeness (QED) is 0.607. The van der Waals surface area contributed by atoms with E-state index >= 15 is 0 Å². The van der Waals surface area contributed by atoms with Crippen LogP contribution in [0, 0.1) is 0 Å². The lowest BCUT2D eigenvalue weighted by Crippen LogP contribution is -2.33. The van der Waals surface area contributed by atoms with Crippen LogP contribution in [-0.4, -0.2) is 19.7 Å². The molecular formula is C7H11NO2S. The molecule has 0 fully saturated rings. The normalized spacial score (nSPS) is 33.9. The van der Waals surface area contributed by atoms with Crippen LogP contribution in [0.1, 0.15) is 6.42 Å². The summed E-state index contributed by atoms with van der Waals surface area (Å²) in [5, 5.41) is 0.700. The molecule has 0 aromatic carbocycles. The Morgan fingerprint density at radius 1 is 1.64 bits per heavy atom. The lowest BCUT2D eigenvalue weighted by atomic mass is 10.1. The zero-order chi connectivity index (χ0) is 8.48. The Bertz CT molecular complexity index is 279. The van der Waals surface area contributed by atoms with Crippen molar-refractivity contribution in [3.05, 3.63) is 24.1 Å². The van der Waals surface area contributed by atoms with E-state index in [1.807, 2.05) is 0 Å². The second-order valence-electron chi connectivity index (χ2n) is 2.56. The van der Waals surface area contributed by atoms with E-state index in [9.17, 15) is 8.42 Å². The second-order valence-corrected chi connectivity index (χ2v) is 4.61. The molecule has 0 radical (unpaired) electrons. The highest BCUT2D eigenvalue weighted by molar-refractivity contribution is 7.95. The summed E-state index contributed by atoms with van der Waals surface area (Å²) in [5.41, 5.74) is 5.53. The van der Waals surface area contributed by atoms with Gasteiger partial charge in [-0.3, -0.25) is 0 Å². The average molecular weight is 173 g/mol. The minimum atomic E-state index is -3.08. The lowest BCUT2D eigenvalue weighted by molar-refractivity contribution is 0.584. The van der Waals surface area contributed by atoms with Crippen LogP contribution in [0.25, 0.3) is 0 Å². The molecule has 3 nitrogen and oxygen atoms in total. The molecular weight excluding hydrogens is 162 g/mol. The van der Waals surface area contributed by atoms with E-state index in [1.165, 1.54) is 11.5 Å². The van der Waals surface area contributed by atoms with Gasteiger partial charge in [-0.05, 0) is 6.42 Å². The summed E-state index contributed by atoms with van der Waals surface area (Å²) in [7, 11) is -3.08. The van der Waals surface area contributed by atoms with Crippen molar-refractivity contribution in [1.82, 2.24) is 0 Å². The van der Waals surface area contributed by atoms with Crippen molar-refractivity contribution >= 4 is 9.84 Å². The lowest BCUT2D eigenvalue weighted by Gasteiger charge is -2.10. The van der Waals surface area contributed by atoms with Gasteiger partial charge in [-0.25, -0.2) is 8.42 Å². The van der Waals surface area contributed by atoms with Gasteiger partial charge in [0.2, 0.25) is 0 Å². The molecule has 1 aliphatic rings. The van der Waals surface area contributed by atoms with Gasteiger partial charge < -0.3 is 5.73 Å². The number of hydrogen-bond donors (Lipinski definition) is 1. The summed E-state index contributed by atoms with van der Waals surface area (Å²) in [6.07, 6.45) is 3.52. The van der Waals surface area contributed by atoms with Crippen LogP contribution in [0.5, 0.6) is 0 Å². The summed E-state index contributed by atoms with van der Waals surface area (Å²) >= 11 is 0.